The van der Waals surface area contributed by atoms with Crippen molar-refractivity contribution in [3.05, 3.63) is 59.4 Å². The summed E-state index contributed by atoms with van der Waals surface area (Å²) in [6.07, 6.45) is 6.17. The van der Waals surface area contributed by atoms with Gasteiger partial charge in [0.15, 0.2) is 0 Å². The van der Waals surface area contributed by atoms with Crippen LogP contribution in [0.1, 0.15) is 61.4 Å². The van der Waals surface area contributed by atoms with Crippen LogP contribution in [0.5, 0.6) is 5.75 Å². The second-order valence-corrected chi connectivity index (χ2v) is 8.65. The molecule has 178 valence electrons. The molecule has 2 amide bonds. The monoisotopic (exact) mass is 455 g/mol. The molecule has 0 saturated heterocycles. The zero-order chi connectivity index (χ0) is 23.8. The average Bonchev–Trinajstić information content (AvgIpc) is 2.84. The number of hydrogen-bond acceptors (Lipinski definition) is 4. The number of amides is 2. The van der Waals surface area contributed by atoms with Crippen molar-refractivity contribution in [2.45, 2.75) is 58.4 Å². The summed E-state index contributed by atoms with van der Waals surface area (Å²) >= 11 is 0. The first kappa shape index (κ1) is 24.6. The molecule has 1 aliphatic rings. The largest absolute Gasteiger partial charge is 0.497 e. The Hall–Kier alpha value is -3.09. The molecule has 2 N–H and O–H groups in total. The van der Waals surface area contributed by atoms with Crippen LogP contribution in [0.25, 0.3) is 0 Å². The van der Waals surface area contributed by atoms with Crippen LogP contribution in [0.3, 0.4) is 0 Å². The standard InChI is InChI=1S/C26H34FN3O3/c1-4-30(29-21-12-14-22(33-3)15-13-21)26(32)24(16-19-8-6-5-7-9-19)28-25(31)23-17-20(27)11-10-18(23)2/h10-15,17,19,24,29H,4-9,16H2,1-3H3,(H,28,31). The SMILES string of the molecule is CCN(Nc1ccc(OC)cc1)C(=O)C(CC1CCCCC1)NC(=O)c1cc(F)ccc1C. The molecule has 0 aromatic heterocycles. The maximum atomic E-state index is 13.8. The highest BCUT2D eigenvalue weighted by Gasteiger charge is 2.30. The first-order chi connectivity index (χ1) is 15.9. The van der Waals surface area contributed by atoms with Crippen molar-refractivity contribution in [1.29, 1.82) is 0 Å². The van der Waals surface area contributed by atoms with Crippen molar-refractivity contribution >= 4 is 17.5 Å². The number of ether oxygens (including phenoxy) is 1. The fraction of sp³-hybridized carbons (Fsp3) is 0.462. The average molecular weight is 456 g/mol. The van der Waals surface area contributed by atoms with Gasteiger partial charge in [0.2, 0.25) is 0 Å². The van der Waals surface area contributed by atoms with Gasteiger partial charge in [-0.1, -0.05) is 38.2 Å². The Bertz CT molecular complexity index is 942. The molecule has 0 aliphatic heterocycles. The van der Waals surface area contributed by atoms with Crippen molar-refractivity contribution in [3.63, 3.8) is 0 Å². The van der Waals surface area contributed by atoms with Gasteiger partial charge in [-0.3, -0.25) is 20.0 Å². The molecule has 1 saturated carbocycles. The normalized spacial score (nSPS) is 14.9. The molecule has 0 spiro atoms. The predicted molar refractivity (Wildman–Crippen MR) is 128 cm³/mol. The maximum absolute atomic E-state index is 13.8. The van der Waals surface area contributed by atoms with Crippen LogP contribution in [-0.4, -0.2) is 36.5 Å². The third kappa shape index (κ3) is 6.70. The molecule has 0 heterocycles. The van der Waals surface area contributed by atoms with Gasteiger partial charge in [-0.15, -0.1) is 0 Å². The molecule has 2 aromatic carbocycles. The van der Waals surface area contributed by atoms with Crippen LogP contribution in [0.2, 0.25) is 0 Å². The second kappa shape index (κ2) is 11.7. The Morgan fingerprint density at radius 3 is 2.45 bits per heavy atom. The number of likely N-dealkylation sites (N-methyl/N-ethyl adjacent to an activating group) is 1. The van der Waals surface area contributed by atoms with Crippen LogP contribution in [0.15, 0.2) is 42.5 Å². The molecule has 7 heteroatoms. The quantitative estimate of drug-likeness (QED) is 0.517. The number of carbonyl (C=O) groups excluding carboxylic acids is 2. The summed E-state index contributed by atoms with van der Waals surface area (Å²) in [6.45, 7) is 4.06. The van der Waals surface area contributed by atoms with E-state index in [0.717, 1.165) is 37.1 Å². The molecule has 2 aromatic rings. The first-order valence-corrected chi connectivity index (χ1v) is 11.7. The van der Waals surface area contributed by atoms with Crippen molar-refractivity contribution in [3.8, 4) is 5.75 Å². The van der Waals surface area contributed by atoms with Gasteiger partial charge < -0.3 is 10.1 Å². The van der Waals surface area contributed by atoms with Crippen molar-refractivity contribution in [2.75, 3.05) is 19.1 Å². The van der Waals surface area contributed by atoms with E-state index in [1.165, 1.54) is 23.6 Å². The molecule has 3 rings (SSSR count). The van der Waals surface area contributed by atoms with Crippen LogP contribution >= 0.6 is 0 Å². The van der Waals surface area contributed by atoms with Gasteiger partial charge in [0.25, 0.3) is 11.8 Å². The number of aryl methyl sites for hydroxylation is 1. The van der Waals surface area contributed by atoms with Crippen LogP contribution < -0.4 is 15.5 Å². The molecule has 6 nitrogen and oxygen atoms in total. The minimum atomic E-state index is -0.700. The molecule has 1 aliphatic carbocycles. The Kier molecular flexibility index (Phi) is 8.69. The lowest BCUT2D eigenvalue weighted by Crippen LogP contribution is -2.51. The van der Waals surface area contributed by atoms with Crippen LogP contribution in [-0.2, 0) is 4.79 Å². The highest BCUT2D eigenvalue weighted by atomic mass is 19.1. The van der Waals surface area contributed by atoms with Gasteiger partial charge in [-0.05, 0) is 68.1 Å². The van der Waals surface area contributed by atoms with Gasteiger partial charge in [-0.25, -0.2) is 4.39 Å². The van der Waals surface area contributed by atoms with Crippen LogP contribution in [0, 0.1) is 18.7 Å². The summed E-state index contributed by atoms with van der Waals surface area (Å²) in [7, 11) is 1.60. The van der Waals surface area contributed by atoms with E-state index in [1.807, 2.05) is 31.2 Å². The van der Waals surface area contributed by atoms with E-state index in [9.17, 15) is 14.0 Å². The van der Waals surface area contributed by atoms with Crippen molar-refractivity contribution < 1.29 is 18.7 Å². The van der Waals surface area contributed by atoms with E-state index in [1.54, 1.807) is 20.1 Å². The van der Waals surface area contributed by atoms with E-state index in [4.69, 9.17) is 4.74 Å². The molecular formula is C26H34FN3O3. The molecule has 1 unspecified atom stereocenters. The Labute approximate surface area is 195 Å². The summed E-state index contributed by atoms with van der Waals surface area (Å²) in [4.78, 5) is 26.6. The fourth-order valence-electron chi connectivity index (χ4n) is 4.35. The van der Waals surface area contributed by atoms with Crippen molar-refractivity contribution in [1.82, 2.24) is 10.3 Å². The number of nitrogens with zero attached hydrogens (tertiary/aromatic N) is 1. The molecular weight excluding hydrogens is 421 g/mol. The minimum Gasteiger partial charge on any atom is -0.497 e. The highest BCUT2D eigenvalue weighted by Crippen LogP contribution is 2.28. The maximum Gasteiger partial charge on any atom is 0.263 e. The zero-order valence-electron chi connectivity index (χ0n) is 19.7. The first-order valence-electron chi connectivity index (χ1n) is 11.7. The third-order valence-corrected chi connectivity index (χ3v) is 6.28. The van der Waals surface area contributed by atoms with E-state index >= 15 is 0 Å². The van der Waals surface area contributed by atoms with E-state index in [-0.39, 0.29) is 11.5 Å². The molecule has 33 heavy (non-hydrogen) atoms. The van der Waals surface area contributed by atoms with Gasteiger partial charge in [0.1, 0.15) is 17.6 Å². The lowest BCUT2D eigenvalue weighted by molar-refractivity contribution is -0.132. The Morgan fingerprint density at radius 1 is 1.12 bits per heavy atom. The number of hydrogen-bond donors (Lipinski definition) is 2. The third-order valence-electron chi connectivity index (χ3n) is 6.28. The second-order valence-electron chi connectivity index (χ2n) is 8.65. The van der Waals surface area contributed by atoms with E-state index < -0.39 is 17.8 Å². The topological polar surface area (TPSA) is 70.7 Å². The number of carbonyl (C=O) groups is 2. The number of hydrazine groups is 1. The molecule has 1 atom stereocenters. The fourth-order valence-corrected chi connectivity index (χ4v) is 4.35. The summed E-state index contributed by atoms with van der Waals surface area (Å²) in [6, 6.07) is 10.7. The molecule has 0 radical (unpaired) electrons. The zero-order valence-corrected chi connectivity index (χ0v) is 19.7. The number of benzene rings is 2. The van der Waals surface area contributed by atoms with Crippen molar-refractivity contribution in [2.24, 2.45) is 5.92 Å². The summed E-state index contributed by atoms with van der Waals surface area (Å²) in [5.41, 5.74) is 4.81. The van der Waals surface area contributed by atoms with Crippen LogP contribution in [0.4, 0.5) is 10.1 Å². The molecule has 0 bridgehead atoms. The number of methoxy groups -OCH3 is 1. The summed E-state index contributed by atoms with van der Waals surface area (Å²) in [5, 5.41) is 4.43. The summed E-state index contributed by atoms with van der Waals surface area (Å²) in [5.74, 6) is -0.00986. The lowest BCUT2D eigenvalue weighted by Gasteiger charge is -2.31. The van der Waals surface area contributed by atoms with Gasteiger partial charge in [-0.2, -0.15) is 0 Å². The minimum absolute atomic E-state index is 0.207. The number of rotatable bonds is 9. The van der Waals surface area contributed by atoms with Gasteiger partial charge in [0.05, 0.1) is 12.8 Å². The van der Waals surface area contributed by atoms with E-state index in [2.05, 4.69) is 10.7 Å². The van der Waals surface area contributed by atoms with E-state index in [0.29, 0.717) is 24.4 Å². The number of halogens is 1. The Morgan fingerprint density at radius 2 is 1.82 bits per heavy atom. The number of nitrogens with one attached hydrogen (secondary N) is 2. The lowest BCUT2D eigenvalue weighted by atomic mass is 9.84. The molecule has 1 fully saturated rings. The number of anilines is 1. The summed E-state index contributed by atoms with van der Waals surface area (Å²) < 4.78 is 19.0. The van der Waals surface area contributed by atoms with Gasteiger partial charge in [0, 0.05) is 12.1 Å². The highest BCUT2D eigenvalue weighted by molar-refractivity contribution is 5.98. The Balaban J connectivity index is 1.78. The van der Waals surface area contributed by atoms with Gasteiger partial charge >= 0.3 is 0 Å². The smallest absolute Gasteiger partial charge is 0.263 e. The predicted octanol–water partition coefficient (Wildman–Crippen LogP) is 5.09.